The van der Waals surface area contributed by atoms with E-state index in [1.54, 1.807) is 68.0 Å². The van der Waals surface area contributed by atoms with E-state index >= 15 is 0 Å². The molecule has 1 aliphatic heterocycles. The Morgan fingerprint density at radius 3 is 1.75 bits per heavy atom. The molecule has 1 aromatic heterocycles. The van der Waals surface area contributed by atoms with Gasteiger partial charge >= 0.3 is 0 Å². The topological polar surface area (TPSA) is 150 Å². The number of ether oxygens (including phenoxy) is 9. The predicted octanol–water partition coefficient (Wildman–Crippen LogP) is 9.11. The number of carbonyl (C=O) groups excluding carboxylic acids is 1. The SMILES string of the molecule is COc1ccc2c(c1)C(=O)NC(c1ccc(OCCCCCCCCCOc3c(OC)cc(-c4cc(-c5cc(OC)c(OC)c(OC)c5)on4)cc3OC)c(OC)c1)N2. The number of rotatable bonds is 22. The summed E-state index contributed by atoms with van der Waals surface area (Å²) in [4.78, 5) is 12.8. The Morgan fingerprint density at radius 1 is 0.542 bits per heavy atom. The van der Waals surface area contributed by atoms with Crippen LogP contribution in [0.4, 0.5) is 5.69 Å². The fourth-order valence-corrected chi connectivity index (χ4v) is 6.90. The van der Waals surface area contributed by atoms with E-state index in [1.165, 1.54) is 0 Å². The Bertz CT molecular complexity index is 2140. The third kappa shape index (κ3) is 10.00. The summed E-state index contributed by atoms with van der Waals surface area (Å²) < 4.78 is 56.8. The number of nitrogens with zero attached hydrogens (tertiary/aromatic N) is 1. The highest BCUT2D eigenvalue weighted by Crippen LogP contribution is 2.44. The highest BCUT2D eigenvalue weighted by Gasteiger charge is 2.26. The molecular formula is C45H53N3O11. The maximum absolute atomic E-state index is 12.8. The Hall–Kier alpha value is -6.44. The van der Waals surface area contributed by atoms with Crippen LogP contribution >= 0.6 is 0 Å². The Balaban J connectivity index is 0.914. The van der Waals surface area contributed by atoms with E-state index in [-0.39, 0.29) is 5.91 Å². The minimum absolute atomic E-state index is 0.172. The zero-order valence-electron chi connectivity index (χ0n) is 34.7. The van der Waals surface area contributed by atoms with Crippen LogP contribution in [-0.4, -0.2) is 74.0 Å². The van der Waals surface area contributed by atoms with Crippen molar-refractivity contribution in [1.82, 2.24) is 10.5 Å². The van der Waals surface area contributed by atoms with E-state index < -0.39 is 6.17 Å². The van der Waals surface area contributed by atoms with Crippen molar-refractivity contribution in [1.29, 1.82) is 0 Å². The molecule has 0 fully saturated rings. The zero-order chi connectivity index (χ0) is 41.7. The van der Waals surface area contributed by atoms with E-state index in [4.69, 9.17) is 47.2 Å². The van der Waals surface area contributed by atoms with Crippen LogP contribution in [0.2, 0.25) is 0 Å². The molecule has 1 amide bonds. The maximum Gasteiger partial charge on any atom is 0.255 e. The number of aromatic nitrogens is 1. The van der Waals surface area contributed by atoms with Crippen molar-refractivity contribution < 1.29 is 51.9 Å². The monoisotopic (exact) mass is 811 g/mol. The fourth-order valence-electron chi connectivity index (χ4n) is 6.90. The number of carbonyl (C=O) groups is 1. The second-order valence-electron chi connectivity index (χ2n) is 13.7. The van der Waals surface area contributed by atoms with Gasteiger partial charge in [-0.15, -0.1) is 0 Å². The number of amides is 1. The molecule has 1 aliphatic rings. The molecule has 0 aliphatic carbocycles. The van der Waals surface area contributed by atoms with Gasteiger partial charge in [0.05, 0.1) is 68.5 Å². The van der Waals surface area contributed by atoms with Crippen LogP contribution in [0.15, 0.2) is 71.3 Å². The van der Waals surface area contributed by atoms with Crippen molar-refractivity contribution in [2.75, 3.05) is 68.3 Å². The molecule has 5 aromatic rings. The summed E-state index contributed by atoms with van der Waals surface area (Å²) in [5.74, 6) is 5.39. The van der Waals surface area contributed by atoms with Gasteiger partial charge in [-0.1, -0.05) is 43.3 Å². The summed E-state index contributed by atoms with van der Waals surface area (Å²) in [6.45, 7) is 1.12. The standard InChI is InChI=1S/C45H53N3O11/c1-50-31-16-17-33-32(26-31)45(49)47-44(46-33)28-15-18-35(37(21-28)51-2)57-19-13-11-9-8-10-12-14-20-58-43-40(54-5)22-29(23-41(43)55-6)34-27-36(59-48-34)30-24-38(52-3)42(56-7)39(25-30)53-4/h15-18,21-27,44,46H,8-14,19-20H2,1-7H3,(H,47,49). The number of hydrogen-bond acceptors (Lipinski definition) is 13. The molecule has 14 nitrogen and oxygen atoms in total. The molecular weight excluding hydrogens is 759 g/mol. The largest absolute Gasteiger partial charge is 0.497 e. The predicted molar refractivity (Wildman–Crippen MR) is 223 cm³/mol. The molecule has 4 aromatic carbocycles. The molecule has 14 heteroatoms. The van der Waals surface area contributed by atoms with Crippen molar-refractivity contribution in [2.45, 2.75) is 51.1 Å². The first-order valence-corrected chi connectivity index (χ1v) is 19.6. The first-order chi connectivity index (χ1) is 28.8. The van der Waals surface area contributed by atoms with Gasteiger partial charge in [0, 0.05) is 22.9 Å². The lowest BCUT2D eigenvalue weighted by Gasteiger charge is -2.28. The third-order valence-corrected chi connectivity index (χ3v) is 10.1. The van der Waals surface area contributed by atoms with Gasteiger partial charge in [0.1, 0.15) is 17.6 Å². The molecule has 0 spiro atoms. The van der Waals surface area contributed by atoms with Gasteiger partial charge in [0.2, 0.25) is 11.5 Å². The smallest absolute Gasteiger partial charge is 0.255 e. The second kappa shape index (κ2) is 20.3. The van der Waals surface area contributed by atoms with Crippen LogP contribution in [0, 0.1) is 0 Å². The average Bonchev–Trinajstić information content (AvgIpc) is 3.78. The number of fused-ring (bicyclic) bond motifs is 1. The number of methoxy groups -OCH3 is 7. The average molecular weight is 812 g/mol. The highest BCUT2D eigenvalue weighted by molar-refractivity contribution is 6.02. The summed E-state index contributed by atoms with van der Waals surface area (Å²) in [6.07, 6.45) is 6.90. The first kappa shape index (κ1) is 42.2. The van der Waals surface area contributed by atoms with Crippen molar-refractivity contribution in [2.24, 2.45) is 0 Å². The Kier molecular flexibility index (Phi) is 14.5. The molecule has 1 unspecified atom stereocenters. The van der Waals surface area contributed by atoms with E-state index in [0.29, 0.717) is 87.5 Å². The molecule has 6 rings (SSSR count). The summed E-state index contributed by atoms with van der Waals surface area (Å²) in [5.41, 5.74) is 4.19. The Morgan fingerprint density at radius 2 is 1.14 bits per heavy atom. The van der Waals surface area contributed by atoms with Crippen molar-refractivity contribution in [3.63, 3.8) is 0 Å². The van der Waals surface area contributed by atoms with Crippen molar-refractivity contribution in [3.8, 4) is 74.3 Å². The molecule has 314 valence electrons. The van der Waals surface area contributed by atoms with Crippen LogP contribution in [-0.2, 0) is 0 Å². The summed E-state index contributed by atoms with van der Waals surface area (Å²) in [5, 5.41) is 10.7. The van der Waals surface area contributed by atoms with Gasteiger partial charge in [-0.3, -0.25) is 4.79 Å². The molecule has 2 N–H and O–H groups in total. The highest BCUT2D eigenvalue weighted by atomic mass is 16.5. The summed E-state index contributed by atoms with van der Waals surface area (Å²) >= 11 is 0. The third-order valence-electron chi connectivity index (χ3n) is 10.1. The molecule has 59 heavy (non-hydrogen) atoms. The van der Waals surface area contributed by atoms with Crippen LogP contribution in [0.3, 0.4) is 0 Å². The maximum atomic E-state index is 12.8. The van der Waals surface area contributed by atoms with Crippen LogP contribution in [0.5, 0.6) is 51.7 Å². The van der Waals surface area contributed by atoms with Crippen LogP contribution < -0.4 is 53.3 Å². The van der Waals surface area contributed by atoms with Gasteiger partial charge < -0.3 is 57.8 Å². The van der Waals surface area contributed by atoms with E-state index in [2.05, 4.69) is 15.8 Å². The number of nitrogens with one attached hydrogen (secondary N) is 2. The van der Waals surface area contributed by atoms with Gasteiger partial charge in [-0.05, 0) is 73.0 Å². The minimum Gasteiger partial charge on any atom is -0.497 e. The van der Waals surface area contributed by atoms with E-state index in [0.717, 1.165) is 61.8 Å². The number of benzene rings is 4. The quantitative estimate of drug-likeness (QED) is 0.0641. The molecule has 0 saturated carbocycles. The van der Waals surface area contributed by atoms with Gasteiger partial charge in [0.15, 0.2) is 40.3 Å². The number of anilines is 1. The molecule has 1 atom stereocenters. The van der Waals surface area contributed by atoms with Gasteiger partial charge in [0.25, 0.3) is 5.91 Å². The first-order valence-electron chi connectivity index (χ1n) is 19.6. The number of unbranched alkanes of at least 4 members (excludes halogenated alkanes) is 6. The van der Waals surface area contributed by atoms with Crippen molar-refractivity contribution in [3.05, 3.63) is 77.9 Å². The van der Waals surface area contributed by atoms with Crippen LogP contribution in [0.25, 0.3) is 22.6 Å². The fraction of sp³-hybridized carbons (Fsp3) is 0.378. The normalized spacial score (nSPS) is 13.1. The lowest BCUT2D eigenvalue weighted by atomic mass is 10.0. The molecule has 2 heterocycles. The van der Waals surface area contributed by atoms with Gasteiger partial charge in [-0.25, -0.2) is 0 Å². The minimum atomic E-state index is -0.403. The van der Waals surface area contributed by atoms with Crippen LogP contribution in [0.1, 0.15) is 67.0 Å². The molecule has 0 bridgehead atoms. The number of hydrogen-bond donors (Lipinski definition) is 2. The second-order valence-corrected chi connectivity index (χ2v) is 13.7. The zero-order valence-corrected chi connectivity index (χ0v) is 34.7. The summed E-state index contributed by atoms with van der Waals surface area (Å²) in [7, 11) is 11.1. The summed E-state index contributed by atoms with van der Waals surface area (Å²) in [6, 6.07) is 20.3. The lowest BCUT2D eigenvalue weighted by molar-refractivity contribution is 0.0935. The Labute approximate surface area is 344 Å². The van der Waals surface area contributed by atoms with E-state index in [9.17, 15) is 4.79 Å². The van der Waals surface area contributed by atoms with Gasteiger partial charge in [-0.2, -0.15) is 0 Å². The molecule has 0 saturated heterocycles. The molecule has 0 radical (unpaired) electrons. The lowest BCUT2D eigenvalue weighted by Crippen LogP contribution is -2.38. The van der Waals surface area contributed by atoms with Crippen molar-refractivity contribution >= 4 is 11.6 Å². The van der Waals surface area contributed by atoms with E-state index in [1.807, 2.05) is 48.5 Å².